The number of fused-ring (bicyclic) bond motifs is 1. The lowest BCUT2D eigenvalue weighted by molar-refractivity contribution is 0.0734. The molecule has 1 fully saturated rings. The average molecular weight is 533 g/mol. The molecule has 1 aliphatic carbocycles. The lowest BCUT2D eigenvalue weighted by atomic mass is 9.77. The van der Waals surface area contributed by atoms with Crippen LogP contribution in [0.5, 0.6) is 11.5 Å². The second-order valence-corrected chi connectivity index (χ2v) is 11.4. The van der Waals surface area contributed by atoms with Gasteiger partial charge in [-0.3, -0.25) is 0 Å². The molecule has 3 aromatic rings. The van der Waals surface area contributed by atoms with Crippen LogP contribution in [0, 0.1) is 17.7 Å². The molecule has 0 unspecified atom stereocenters. The number of ether oxygens (including phenoxy) is 2. The molecule has 0 heterocycles. The van der Waals surface area contributed by atoms with Gasteiger partial charge in [0.2, 0.25) is 0 Å². The molecule has 3 nitrogen and oxygen atoms in total. The molecule has 0 bridgehead atoms. The van der Waals surface area contributed by atoms with Crippen LogP contribution in [0.25, 0.3) is 10.8 Å². The quantitative estimate of drug-likeness (QED) is 0.118. The van der Waals surface area contributed by atoms with E-state index in [9.17, 15) is 9.18 Å². The predicted octanol–water partition coefficient (Wildman–Crippen LogP) is 10.1. The van der Waals surface area contributed by atoms with Gasteiger partial charge in [-0.15, -0.1) is 0 Å². The molecule has 0 amide bonds. The Morgan fingerprint density at radius 3 is 2.23 bits per heavy atom. The number of esters is 1. The molecule has 210 valence electrons. The first-order chi connectivity index (χ1) is 19.1. The first kappa shape index (κ1) is 29.1. The standard InChI is InChI=1S/C35H45FO3/c1-3-5-7-9-26-10-12-27(13-11-26)14-15-28-16-17-30-24-32(20-18-29(30)23-28)39-35(37)31-19-21-34(33(36)25-31)38-22-8-6-4-2/h16-21,23-27H,3-15,22H2,1-2H3. The fourth-order valence-corrected chi connectivity index (χ4v) is 5.80. The number of unbranched alkanes of at least 4 members (excludes halogenated alkanes) is 4. The van der Waals surface area contributed by atoms with Crippen molar-refractivity contribution in [3.8, 4) is 11.5 Å². The molecule has 0 spiro atoms. The lowest BCUT2D eigenvalue weighted by Gasteiger charge is -2.28. The van der Waals surface area contributed by atoms with Crippen molar-refractivity contribution in [2.24, 2.45) is 11.8 Å². The van der Waals surface area contributed by atoms with Gasteiger partial charge in [-0.2, -0.15) is 0 Å². The van der Waals surface area contributed by atoms with Gasteiger partial charge in [0, 0.05) is 0 Å². The fourth-order valence-electron chi connectivity index (χ4n) is 5.80. The lowest BCUT2D eigenvalue weighted by Crippen LogP contribution is -2.15. The largest absolute Gasteiger partial charge is 0.491 e. The minimum atomic E-state index is -0.581. The van der Waals surface area contributed by atoms with E-state index in [0.29, 0.717) is 12.4 Å². The van der Waals surface area contributed by atoms with Crippen LogP contribution in [0.15, 0.2) is 54.6 Å². The van der Waals surface area contributed by atoms with Gasteiger partial charge in [-0.1, -0.05) is 102 Å². The maximum absolute atomic E-state index is 14.4. The molecule has 0 aromatic heterocycles. The molecule has 0 N–H and O–H groups in total. The second kappa shape index (κ2) is 15.1. The maximum atomic E-state index is 14.4. The summed E-state index contributed by atoms with van der Waals surface area (Å²) in [6.07, 6.45) is 16.5. The zero-order chi connectivity index (χ0) is 27.5. The molecule has 0 aliphatic heterocycles. The minimum absolute atomic E-state index is 0.166. The van der Waals surface area contributed by atoms with Crippen molar-refractivity contribution in [2.75, 3.05) is 6.61 Å². The summed E-state index contributed by atoms with van der Waals surface area (Å²) in [6.45, 7) is 4.86. The number of rotatable bonds is 14. The number of hydrogen-bond acceptors (Lipinski definition) is 3. The predicted molar refractivity (Wildman–Crippen MR) is 158 cm³/mol. The summed E-state index contributed by atoms with van der Waals surface area (Å²) in [5.41, 5.74) is 1.53. The van der Waals surface area contributed by atoms with E-state index >= 15 is 0 Å². The summed E-state index contributed by atoms with van der Waals surface area (Å²) in [5, 5.41) is 2.17. The molecule has 0 radical (unpaired) electrons. The Hall–Kier alpha value is -2.88. The number of benzene rings is 3. The fraction of sp³-hybridized carbons (Fsp3) is 0.514. The van der Waals surface area contributed by atoms with Gasteiger partial charge < -0.3 is 9.47 Å². The van der Waals surface area contributed by atoms with Crippen LogP contribution in [0.2, 0.25) is 0 Å². The molecular weight excluding hydrogens is 487 g/mol. The van der Waals surface area contributed by atoms with Crippen molar-refractivity contribution < 1.29 is 18.7 Å². The van der Waals surface area contributed by atoms with Gasteiger partial charge in [0.25, 0.3) is 0 Å². The third-order valence-electron chi connectivity index (χ3n) is 8.28. The zero-order valence-corrected chi connectivity index (χ0v) is 23.9. The number of carbonyl (C=O) groups excluding carboxylic acids is 1. The van der Waals surface area contributed by atoms with E-state index < -0.39 is 11.8 Å². The highest BCUT2D eigenvalue weighted by Crippen LogP contribution is 2.34. The summed E-state index contributed by atoms with van der Waals surface area (Å²) in [7, 11) is 0. The number of hydrogen-bond donors (Lipinski definition) is 0. The van der Waals surface area contributed by atoms with Gasteiger partial charge >= 0.3 is 5.97 Å². The highest BCUT2D eigenvalue weighted by atomic mass is 19.1. The van der Waals surface area contributed by atoms with Crippen LogP contribution in [0.3, 0.4) is 0 Å². The van der Waals surface area contributed by atoms with Gasteiger partial charge in [0.1, 0.15) is 5.75 Å². The SMILES string of the molecule is CCCCCOc1ccc(C(=O)Oc2ccc3cc(CCC4CCC(CCCCC)CC4)ccc3c2)cc1F. The monoisotopic (exact) mass is 532 g/mol. The molecule has 3 aromatic carbocycles. The first-order valence-electron chi connectivity index (χ1n) is 15.2. The maximum Gasteiger partial charge on any atom is 0.343 e. The van der Waals surface area contributed by atoms with Crippen molar-refractivity contribution in [2.45, 2.75) is 97.3 Å². The Balaban J connectivity index is 1.27. The Kier molecular flexibility index (Phi) is 11.2. The van der Waals surface area contributed by atoms with Gasteiger partial charge in [0.15, 0.2) is 11.6 Å². The van der Waals surface area contributed by atoms with E-state index in [1.165, 1.54) is 75.5 Å². The van der Waals surface area contributed by atoms with E-state index in [-0.39, 0.29) is 11.3 Å². The Labute approximate surface area is 234 Å². The highest BCUT2D eigenvalue weighted by Gasteiger charge is 2.20. The summed E-state index contributed by atoms with van der Waals surface area (Å²) < 4.78 is 25.5. The smallest absolute Gasteiger partial charge is 0.343 e. The van der Waals surface area contributed by atoms with Crippen molar-refractivity contribution >= 4 is 16.7 Å². The Morgan fingerprint density at radius 2 is 1.49 bits per heavy atom. The van der Waals surface area contributed by atoms with E-state index in [2.05, 4.69) is 32.0 Å². The summed E-state index contributed by atoms with van der Waals surface area (Å²) in [4.78, 5) is 12.7. The Morgan fingerprint density at radius 1 is 0.795 bits per heavy atom. The van der Waals surface area contributed by atoms with Crippen molar-refractivity contribution in [1.29, 1.82) is 0 Å². The zero-order valence-electron chi connectivity index (χ0n) is 23.9. The number of aryl methyl sites for hydroxylation is 1. The molecule has 4 rings (SSSR count). The normalized spacial score (nSPS) is 17.3. The van der Waals surface area contributed by atoms with Crippen molar-refractivity contribution in [3.63, 3.8) is 0 Å². The molecular formula is C35H45FO3. The molecule has 1 aliphatic rings. The number of halogens is 1. The minimum Gasteiger partial charge on any atom is -0.491 e. The average Bonchev–Trinajstić information content (AvgIpc) is 2.95. The summed E-state index contributed by atoms with van der Waals surface area (Å²) in [5.74, 6) is 1.31. The Bertz CT molecular complexity index is 1200. The first-order valence-corrected chi connectivity index (χ1v) is 15.2. The molecule has 4 heteroatoms. The third-order valence-corrected chi connectivity index (χ3v) is 8.28. The van der Waals surface area contributed by atoms with Crippen LogP contribution in [0.4, 0.5) is 4.39 Å². The van der Waals surface area contributed by atoms with Gasteiger partial charge in [-0.25, -0.2) is 9.18 Å². The van der Waals surface area contributed by atoms with Crippen LogP contribution in [-0.4, -0.2) is 12.6 Å². The van der Waals surface area contributed by atoms with Gasteiger partial charge in [-0.05, 0) is 77.8 Å². The molecule has 39 heavy (non-hydrogen) atoms. The molecule has 0 saturated heterocycles. The number of carbonyl (C=O) groups is 1. The van der Waals surface area contributed by atoms with Crippen LogP contribution in [0.1, 0.15) is 107 Å². The van der Waals surface area contributed by atoms with E-state index in [0.717, 1.165) is 48.3 Å². The van der Waals surface area contributed by atoms with Crippen LogP contribution < -0.4 is 9.47 Å². The second-order valence-electron chi connectivity index (χ2n) is 11.4. The van der Waals surface area contributed by atoms with E-state index in [4.69, 9.17) is 9.47 Å². The topological polar surface area (TPSA) is 35.5 Å². The van der Waals surface area contributed by atoms with Crippen molar-refractivity contribution in [1.82, 2.24) is 0 Å². The third kappa shape index (κ3) is 8.81. The van der Waals surface area contributed by atoms with Gasteiger partial charge in [0.05, 0.1) is 12.2 Å². The summed E-state index contributed by atoms with van der Waals surface area (Å²) >= 11 is 0. The summed E-state index contributed by atoms with van der Waals surface area (Å²) in [6, 6.07) is 16.5. The van der Waals surface area contributed by atoms with Crippen LogP contribution in [-0.2, 0) is 6.42 Å². The molecule has 0 atom stereocenters. The highest BCUT2D eigenvalue weighted by molar-refractivity contribution is 5.92. The van der Waals surface area contributed by atoms with Crippen LogP contribution >= 0.6 is 0 Å². The molecule has 1 saturated carbocycles. The van der Waals surface area contributed by atoms with E-state index in [1.807, 2.05) is 18.2 Å². The van der Waals surface area contributed by atoms with E-state index in [1.54, 1.807) is 6.07 Å². The van der Waals surface area contributed by atoms with Crippen molar-refractivity contribution in [3.05, 3.63) is 71.5 Å².